The fourth-order valence-electron chi connectivity index (χ4n) is 1.78. The molecule has 0 unspecified atom stereocenters. The molecule has 0 saturated heterocycles. The molecule has 0 aromatic heterocycles. The zero-order valence-corrected chi connectivity index (χ0v) is 12.3. The van der Waals surface area contributed by atoms with Gasteiger partial charge in [0.2, 0.25) is 5.91 Å². The second-order valence-corrected chi connectivity index (χ2v) is 4.74. The molecule has 6 nitrogen and oxygen atoms in total. The van der Waals surface area contributed by atoms with E-state index in [-0.39, 0.29) is 18.7 Å². The lowest BCUT2D eigenvalue weighted by Gasteiger charge is -2.13. The number of unbranched alkanes of at least 4 members (excludes halogenated alkanes) is 4. The molecular formula is C14H25NO5. The maximum atomic E-state index is 11.6. The van der Waals surface area contributed by atoms with Crippen LogP contribution in [0.4, 0.5) is 0 Å². The Labute approximate surface area is 119 Å². The van der Waals surface area contributed by atoms with Crippen LogP contribution in [-0.2, 0) is 19.1 Å². The molecule has 1 atom stereocenters. The fraction of sp³-hybridized carbons (Fsp3) is 0.786. The normalized spacial score (nSPS) is 11.7. The minimum absolute atomic E-state index is 0.0236. The van der Waals surface area contributed by atoms with Gasteiger partial charge in [0.1, 0.15) is 6.04 Å². The molecule has 0 radical (unpaired) electrons. The lowest BCUT2D eigenvalue weighted by atomic mass is 10.1. The number of ether oxygens (including phenoxy) is 1. The SMILES string of the molecule is CCCCCCCC(=O)N[C@@H](CCC(=O)OC)C(=O)O. The van der Waals surface area contributed by atoms with Gasteiger partial charge in [-0.3, -0.25) is 9.59 Å². The second kappa shape index (κ2) is 11.3. The lowest BCUT2D eigenvalue weighted by molar-refractivity contribution is -0.144. The first-order valence-corrected chi connectivity index (χ1v) is 7.10. The van der Waals surface area contributed by atoms with Gasteiger partial charge in [-0.1, -0.05) is 32.6 Å². The van der Waals surface area contributed by atoms with Crippen molar-refractivity contribution in [3.63, 3.8) is 0 Å². The molecule has 0 heterocycles. The van der Waals surface area contributed by atoms with Gasteiger partial charge in [0.15, 0.2) is 0 Å². The summed E-state index contributed by atoms with van der Waals surface area (Å²) in [4.78, 5) is 33.6. The van der Waals surface area contributed by atoms with Gasteiger partial charge < -0.3 is 15.2 Å². The molecule has 0 aliphatic heterocycles. The van der Waals surface area contributed by atoms with E-state index in [9.17, 15) is 14.4 Å². The zero-order valence-electron chi connectivity index (χ0n) is 12.3. The van der Waals surface area contributed by atoms with Crippen molar-refractivity contribution in [3.05, 3.63) is 0 Å². The number of carbonyl (C=O) groups is 3. The van der Waals surface area contributed by atoms with Crippen molar-refractivity contribution in [1.82, 2.24) is 5.32 Å². The Kier molecular flexibility index (Phi) is 10.4. The molecular weight excluding hydrogens is 262 g/mol. The van der Waals surface area contributed by atoms with Crippen molar-refractivity contribution in [1.29, 1.82) is 0 Å². The average molecular weight is 287 g/mol. The molecule has 0 rings (SSSR count). The topological polar surface area (TPSA) is 92.7 Å². The van der Waals surface area contributed by atoms with Crippen LogP contribution in [0, 0.1) is 0 Å². The molecule has 0 aliphatic carbocycles. The minimum Gasteiger partial charge on any atom is -0.480 e. The van der Waals surface area contributed by atoms with E-state index in [4.69, 9.17) is 5.11 Å². The third-order valence-electron chi connectivity index (χ3n) is 3.01. The second-order valence-electron chi connectivity index (χ2n) is 4.74. The Morgan fingerprint density at radius 2 is 1.75 bits per heavy atom. The van der Waals surface area contributed by atoms with Crippen molar-refractivity contribution in [3.8, 4) is 0 Å². The van der Waals surface area contributed by atoms with Gasteiger partial charge in [-0.15, -0.1) is 0 Å². The number of nitrogens with one attached hydrogen (secondary N) is 1. The van der Waals surface area contributed by atoms with E-state index >= 15 is 0 Å². The number of rotatable bonds is 11. The van der Waals surface area contributed by atoms with Crippen molar-refractivity contribution in [2.75, 3.05) is 7.11 Å². The van der Waals surface area contributed by atoms with Crippen molar-refractivity contribution in [2.24, 2.45) is 0 Å². The molecule has 0 spiro atoms. The predicted octanol–water partition coefficient (Wildman–Crippen LogP) is 1.87. The summed E-state index contributed by atoms with van der Waals surface area (Å²) in [5.74, 6) is -1.89. The van der Waals surface area contributed by atoms with Crippen LogP contribution in [0.15, 0.2) is 0 Å². The van der Waals surface area contributed by atoms with Crippen LogP contribution in [0.1, 0.15) is 58.3 Å². The van der Waals surface area contributed by atoms with Gasteiger partial charge in [0.05, 0.1) is 7.11 Å². The van der Waals surface area contributed by atoms with Crippen LogP contribution in [0.2, 0.25) is 0 Å². The van der Waals surface area contributed by atoms with Gasteiger partial charge >= 0.3 is 11.9 Å². The Balaban J connectivity index is 3.96. The molecule has 0 aliphatic rings. The average Bonchev–Trinajstić information content (AvgIpc) is 2.42. The van der Waals surface area contributed by atoms with Gasteiger partial charge in [-0.05, 0) is 12.8 Å². The van der Waals surface area contributed by atoms with Crippen molar-refractivity contribution >= 4 is 17.8 Å². The number of methoxy groups -OCH3 is 1. The fourth-order valence-corrected chi connectivity index (χ4v) is 1.78. The van der Waals surface area contributed by atoms with Crippen LogP contribution >= 0.6 is 0 Å². The third-order valence-corrected chi connectivity index (χ3v) is 3.01. The highest BCUT2D eigenvalue weighted by Gasteiger charge is 2.20. The Morgan fingerprint density at radius 3 is 2.30 bits per heavy atom. The summed E-state index contributed by atoms with van der Waals surface area (Å²) in [5.41, 5.74) is 0. The van der Waals surface area contributed by atoms with E-state index in [1.165, 1.54) is 7.11 Å². The predicted molar refractivity (Wildman–Crippen MR) is 74.2 cm³/mol. The molecule has 116 valence electrons. The molecule has 0 fully saturated rings. The summed E-state index contributed by atoms with van der Waals surface area (Å²) in [6.45, 7) is 2.12. The summed E-state index contributed by atoms with van der Waals surface area (Å²) < 4.78 is 4.44. The standard InChI is InChI=1S/C14H25NO5/c1-3-4-5-6-7-8-12(16)15-11(14(18)19)9-10-13(17)20-2/h11H,3-10H2,1-2H3,(H,15,16)(H,18,19)/t11-/m0/s1. The van der Waals surface area contributed by atoms with Gasteiger partial charge in [0.25, 0.3) is 0 Å². The van der Waals surface area contributed by atoms with Crippen LogP contribution in [-0.4, -0.2) is 36.1 Å². The third kappa shape index (κ3) is 9.35. The molecule has 0 bridgehead atoms. The van der Waals surface area contributed by atoms with Gasteiger partial charge in [-0.2, -0.15) is 0 Å². The first-order valence-electron chi connectivity index (χ1n) is 7.10. The first kappa shape index (κ1) is 18.4. The molecule has 6 heteroatoms. The van der Waals surface area contributed by atoms with E-state index in [1.807, 2.05) is 0 Å². The Morgan fingerprint density at radius 1 is 1.10 bits per heavy atom. The monoisotopic (exact) mass is 287 g/mol. The molecule has 0 saturated carbocycles. The first-order chi connectivity index (χ1) is 9.51. The maximum absolute atomic E-state index is 11.6. The molecule has 2 N–H and O–H groups in total. The Hall–Kier alpha value is -1.59. The van der Waals surface area contributed by atoms with Gasteiger partial charge in [0, 0.05) is 12.8 Å². The number of carboxylic acid groups (broad SMARTS) is 1. The number of amides is 1. The summed E-state index contributed by atoms with van der Waals surface area (Å²) in [6.07, 6.45) is 5.46. The lowest BCUT2D eigenvalue weighted by Crippen LogP contribution is -2.41. The van der Waals surface area contributed by atoms with E-state index in [0.29, 0.717) is 6.42 Å². The summed E-state index contributed by atoms with van der Waals surface area (Å²) in [6, 6.07) is -1.03. The molecule has 0 aromatic carbocycles. The molecule has 20 heavy (non-hydrogen) atoms. The number of hydrogen-bond donors (Lipinski definition) is 2. The highest BCUT2D eigenvalue weighted by atomic mass is 16.5. The highest BCUT2D eigenvalue weighted by Crippen LogP contribution is 2.06. The number of carbonyl (C=O) groups excluding carboxylic acids is 2. The summed E-state index contributed by atoms with van der Waals surface area (Å²) in [7, 11) is 1.24. The van der Waals surface area contributed by atoms with Gasteiger partial charge in [-0.25, -0.2) is 4.79 Å². The maximum Gasteiger partial charge on any atom is 0.326 e. The van der Waals surface area contributed by atoms with Crippen LogP contribution in [0.3, 0.4) is 0 Å². The molecule has 0 aromatic rings. The van der Waals surface area contributed by atoms with E-state index in [2.05, 4.69) is 17.0 Å². The van der Waals surface area contributed by atoms with Crippen LogP contribution in [0.25, 0.3) is 0 Å². The Bertz CT molecular complexity index is 317. The van der Waals surface area contributed by atoms with E-state index < -0.39 is 18.0 Å². The van der Waals surface area contributed by atoms with Crippen LogP contribution in [0.5, 0.6) is 0 Å². The smallest absolute Gasteiger partial charge is 0.326 e. The number of carboxylic acids is 1. The summed E-state index contributed by atoms with van der Waals surface area (Å²) >= 11 is 0. The van der Waals surface area contributed by atoms with E-state index in [1.54, 1.807) is 0 Å². The van der Waals surface area contributed by atoms with E-state index in [0.717, 1.165) is 32.1 Å². The van der Waals surface area contributed by atoms with Crippen molar-refractivity contribution in [2.45, 2.75) is 64.3 Å². The minimum atomic E-state index is -1.13. The number of esters is 1. The highest BCUT2D eigenvalue weighted by molar-refractivity contribution is 5.83. The largest absolute Gasteiger partial charge is 0.480 e. The number of hydrogen-bond acceptors (Lipinski definition) is 4. The quantitative estimate of drug-likeness (QED) is 0.447. The zero-order chi connectivity index (χ0) is 15.4. The number of aliphatic carboxylic acids is 1. The van der Waals surface area contributed by atoms with Crippen molar-refractivity contribution < 1.29 is 24.2 Å². The van der Waals surface area contributed by atoms with Crippen LogP contribution < -0.4 is 5.32 Å². The molecule has 1 amide bonds. The summed E-state index contributed by atoms with van der Waals surface area (Å²) in [5, 5.41) is 11.4.